The topological polar surface area (TPSA) is 81.4 Å². The lowest BCUT2D eigenvalue weighted by Gasteiger charge is -2.01. The molecule has 3 aromatic rings. The zero-order chi connectivity index (χ0) is 14.5. The van der Waals surface area contributed by atoms with E-state index in [9.17, 15) is 0 Å². The highest BCUT2D eigenvalue weighted by Gasteiger charge is 2.08. The molecule has 0 fully saturated rings. The van der Waals surface area contributed by atoms with E-state index in [1.54, 1.807) is 0 Å². The molecule has 0 unspecified atom stereocenters. The van der Waals surface area contributed by atoms with Crippen LogP contribution in [0.5, 0.6) is 0 Å². The Morgan fingerprint density at radius 3 is 2.57 bits per heavy atom. The smallest absolute Gasteiger partial charge is 0.205 e. The molecule has 0 amide bonds. The molecule has 0 bridgehead atoms. The Hall–Kier alpha value is -2.67. The third kappa shape index (κ3) is 3.09. The van der Waals surface area contributed by atoms with Crippen molar-refractivity contribution in [3.8, 4) is 17.2 Å². The van der Waals surface area contributed by atoms with Crippen molar-refractivity contribution in [2.75, 3.05) is 6.54 Å². The summed E-state index contributed by atoms with van der Waals surface area (Å²) in [5.74, 6) is 1.11. The number of aromatic nitrogens is 6. The Morgan fingerprint density at radius 2 is 1.86 bits per heavy atom. The predicted octanol–water partition coefficient (Wildman–Crippen LogP) is 1.23. The second-order valence-electron chi connectivity index (χ2n) is 4.43. The van der Waals surface area contributed by atoms with Crippen molar-refractivity contribution in [3.05, 3.63) is 48.2 Å². The summed E-state index contributed by atoms with van der Waals surface area (Å²) in [5.41, 5.74) is 1.80. The van der Waals surface area contributed by atoms with Crippen LogP contribution in [-0.4, -0.2) is 36.9 Å². The van der Waals surface area contributed by atoms with Gasteiger partial charge in [-0.25, -0.2) is 0 Å². The molecule has 106 valence electrons. The molecule has 0 aliphatic rings. The van der Waals surface area contributed by atoms with Gasteiger partial charge in [0.2, 0.25) is 5.82 Å². The lowest BCUT2D eigenvalue weighted by molar-refractivity contribution is 0.664. The summed E-state index contributed by atoms with van der Waals surface area (Å²) in [6, 6.07) is 13.4. The highest BCUT2D eigenvalue weighted by molar-refractivity contribution is 5.53. The molecule has 0 saturated carbocycles. The Kier molecular flexibility index (Phi) is 3.92. The average molecular weight is 281 g/mol. The van der Waals surface area contributed by atoms with Crippen LogP contribution in [0.4, 0.5) is 0 Å². The second kappa shape index (κ2) is 6.19. The molecule has 2 heterocycles. The van der Waals surface area contributed by atoms with E-state index in [1.807, 2.05) is 49.4 Å². The van der Waals surface area contributed by atoms with Gasteiger partial charge in [-0.15, -0.1) is 20.1 Å². The summed E-state index contributed by atoms with van der Waals surface area (Å²) in [6.07, 6.45) is 0. The van der Waals surface area contributed by atoms with Crippen molar-refractivity contribution in [2.24, 2.45) is 0 Å². The summed E-state index contributed by atoms with van der Waals surface area (Å²) in [6.45, 7) is 3.64. The molecule has 0 radical (unpaired) electrons. The van der Waals surface area contributed by atoms with E-state index >= 15 is 0 Å². The van der Waals surface area contributed by atoms with Crippen molar-refractivity contribution >= 4 is 0 Å². The van der Waals surface area contributed by atoms with Gasteiger partial charge < -0.3 is 5.32 Å². The number of nitrogens with zero attached hydrogens (tertiary/aromatic N) is 6. The van der Waals surface area contributed by atoms with Crippen molar-refractivity contribution in [1.29, 1.82) is 0 Å². The molecule has 21 heavy (non-hydrogen) atoms. The lowest BCUT2D eigenvalue weighted by atomic mass is 10.2. The largest absolute Gasteiger partial charge is 0.311 e. The van der Waals surface area contributed by atoms with Gasteiger partial charge in [0, 0.05) is 12.1 Å². The van der Waals surface area contributed by atoms with Gasteiger partial charge in [-0.3, -0.25) is 0 Å². The molecule has 7 nitrogen and oxygen atoms in total. The third-order valence-electron chi connectivity index (χ3n) is 2.91. The SMILES string of the molecule is CCNCc1ccc(-n2nnc(-c3ccccc3)n2)nn1. The van der Waals surface area contributed by atoms with E-state index in [4.69, 9.17) is 0 Å². The van der Waals surface area contributed by atoms with Crippen LogP contribution >= 0.6 is 0 Å². The van der Waals surface area contributed by atoms with E-state index in [1.165, 1.54) is 4.80 Å². The van der Waals surface area contributed by atoms with Gasteiger partial charge >= 0.3 is 0 Å². The quantitative estimate of drug-likeness (QED) is 0.757. The van der Waals surface area contributed by atoms with E-state index < -0.39 is 0 Å². The summed E-state index contributed by atoms with van der Waals surface area (Å²) < 4.78 is 0. The Labute approximate surface area is 122 Å². The molecule has 7 heteroatoms. The number of hydrogen-bond acceptors (Lipinski definition) is 6. The first kappa shape index (κ1) is 13.3. The second-order valence-corrected chi connectivity index (χ2v) is 4.43. The van der Waals surface area contributed by atoms with Crippen molar-refractivity contribution < 1.29 is 0 Å². The maximum atomic E-state index is 4.32. The van der Waals surface area contributed by atoms with Crippen LogP contribution in [0.1, 0.15) is 12.6 Å². The van der Waals surface area contributed by atoms with E-state index in [0.717, 1.165) is 17.8 Å². The lowest BCUT2D eigenvalue weighted by Crippen LogP contribution is -2.14. The standard InChI is InChI=1S/C14H15N7/c1-2-15-10-12-8-9-13(17-16-12)21-19-14(18-20-21)11-6-4-3-5-7-11/h3-9,15H,2,10H2,1H3. The minimum absolute atomic E-state index is 0.546. The number of hydrogen-bond donors (Lipinski definition) is 1. The van der Waals surface area contributed by atoms with Crippen LogP contribution in [0.15, 0.2) is 42.5 Å². The molecular formula is C14H15N7. The summed E-state index contributed by atoms with van der Waals surface area (Å²) >= 11 is 0. The van der Waals surface area contributed by atoms with Crippen molar-refractivity contribution in [1.82, 2.24) is 35.7 Å². The van der Waals surface area contributed by atoms with E-state index in [-0.39, 0.29) is 0 Å². The van der Waals surface area contributed by atoms with Crippen molar-refractivity contribution in [3.63, 3.8) is 0 Å². The fourth-order valence-electron chi connectivity index (χ4n) is 1.82. The van der Waals surface area contributed by atoms with Crippen LogP contribution in [0.2, 0.25) is 0 Å². The summed E-state index contributed by atoms with van der Waals surface area (Å²) in [5, 5.41) is 23.8. The first-order chi connectivity index (χ1) is 10.4. The fourth-order valence-corrected chi connectivity index (χ4v) is 1.82. The number of nitrogens with one attached hydrogen (secondary N) is 1. The summed E-state index contributed by atoms with van der Waals surface area (Å²) in [4.78, 5) is 1.38. The Bertz CT molecular complexity index is 691. The average Bonchev–Trinajstić information content (AvgIpc) is 3.04. The predicted molar refractivity (Wildman–Crippen MR) is 77.6 cm³/mol. The molecule has 0 saturated heterocycles. The molecule has 0 spiro atoms. The van der Waals surface area contributed by atoms with E-state index in [2.05, 4.69) is 30.9 Å². The number of benzene rings is 1. The van der Waals surface area contributed by atoms with Gasteiger partial charge in [0.25, 0.3) is 0 Å². The van der Waals surface area contributed by atoms with Crippen LogP contribution in [0.3, 0.4) is 0 Å². The summed E-state index contributed by atoms with van der Waals surface area (Å²) in [7, 11) is 0. The van der Waals surface area contributed by atoms with Crippen LogP contribution in [0.25, 0.3) is 17.2 Å². The van der Waals surface area contributed by atoms with Crippen LogP contribution in [-0.2, 0) is 6.54 Å². The van der Waals surface area contributed by atoms with Crippen LogP contribution in [0, 0.1) is 0 Å². The maximum absolute atomic E-state index is 4.32. The van der Waals surface area contributed by atoms with Gasteiger partial charge in [0.15, 0.2) is 5.82 Å². The molecule has 0 aliphatic carbocycles. The normalized spacial score (nSPS) is 10.7. The third-order valence-corrected chi connectivity index (χ3v) is 2.91. The molecule has 1 N–H and O–H groups in total. The van der Waals surface area contributed by atoms with Gasteiger partial charge in [0.05, 0.1) is 5.69 Å². The monoisotopic (exact) mass is 281 g/mol. The zero-order valence-electron chi connectivity index (χ0n) is 11.6. The number of tetrazole rings is 1. The molecule has 1 aromatic carbocycles. The first-order valence-electron chi connectivity index (χ1n) is 6.76. The van der Waals surface area contributed by atoms with Crippen molar-refractivity contribution in [2.45, 2.75) is 13.5 Å². The molecule has 0 atom stereocenters. The molecule has 0 aliphatic heterocycles. The highest BCUT2D eigenvalue weighted by Crippen LogP contribution is 2.12. The zero-order valence-corrected chi connectivity index (χ0v) is 11.6. The first-order valence-corrected chi connectivity index (χ1v) is 6.76. The molecule has 2 aromatic heterocycles. The number of rotatable bonds is 5. The van der Waals surface area contributed by atoms with Gasteiger partial charge in [-0.2, -0.15) is 5.10 Å². The highest BCUT2D eigenvalue weighted by atomic mass is 15.6. The van der Waals surface area contributed by atoms with Gasteiger partial charge in [-0.1, -0.05) is 37.3 Å². The maximum Gasteiger partial charge on any atom is 0.205 e. The Balaban J connectivity index is 1.80. The minimum Gasteiger partial charge on any atom is -0.311 e. The Morgan fingerprint density at radius 1 is 1.00 bits per heavy atom. The van der Waals surface area contributed by atoms with Crippen LogP contribution < -0.4 is 5.32 Å². The molecular weight excluding hydrogens is 266 g/mol. The van der Waals surface area contributed by atoms with E-state index in [0.29, 0.717) is 18.2 Å². The fraction of sp³-hybridized carbons (Fsp3) is 0.214. The van der Waals surface area contributed by atoms with Gasteiger partial charge in [-0.05, 0) is 23.9 Å². The minimum atomic E-state index is 0.546. The molecule has 3 rings (SSSR count). The van der Waals surface area contributed by atoms with Gasteiger partial charge in [0.1, 0.15) is 0 Å².